The van der Waals surface area contributed by atoms with Crippen LogP contribution in [0.2, 0.25) is 0 Å². The van der Waals surface area contributed by atoms with Crippen LogP contribution in [-0.4, -0.2) is 66.5 Å². The Hall–Kier alpha value is -3.85. The largest absolute Gasteiger partial charge is 0.497 e. The number of para-hydroxylation sites is 1. The highest BCUT2D eigenvalue weighted by molar-refractivity contribution is 7.12. The van der Waals surface area contributed by atoms with Crippen LogP contribution >= 0.6 is 11.3 Å². The number of carbonyl (C=O) groups is 3. The van der Waals surface area contributed by atoms with Gasteiger partial charge in [0.1, 0.15) is 17.8 Å². The van der Waals surface area contributed by atoms with Gasteiger partial charge in [-0.1, -0.05) is 24.3 Å². The number of nitrogens with zero attached hydrogens (tertiary/aromatic N) is 3. The number of anilines is 2. The molecule has 186 valence electrons. The minimum Gasteiger partial charge on any atom is -0.497 e. The molecule has 0 unspecified atom stereocenters. The average Bonchev–Trinajstić information content (AvgIpc) is 3.54. The molecule has 3 heterocycles. The van der Waals surface area contributed by atoms with Crippen molar-refractivity contribution in [1.82, 2.24) is 9.80 Å². The van der Waals surface area contributed by atoms with E-state index < -0.39 is 5.54 Å². The molecule has 2 aliphatic rings. The van der Waals surface area contributed by atoms with E-state index in [1.54, 1.807) is 36.3 Å². The average molecular weight is 505 g/mol. The summed E-state index contributed by atoms with van der Waals surface area (Å²) in [6.07, 6.45) is 1.02. The Bertz CT molecular complexity index is 1220. The summed E-state index contributed by atoms with van der Waals surface area (Å²) in [5, 5.41) is 4.76. The lowest BCUT2D eigenvalue weighted by Gasteiger charge is -2.43. The SMILES string of the molecule is COc1ccc(NC(=O)CN2CN(c3ccccc3)C3(CCN(C(=O)c4cccs4)CC3)C2=O)cc1. The van der Waals surface area contributed by atoms with Crippen molar-refractivity contribution < 1.29 is 19.1 Å². The number of methoxy groups -OCH3 is 1. The molecule has 0 aliphatic carbocycles. The molecular formula is C27H28N4O4S. The third-order valence-electron chi connectivity index (χ3n) is 6.90. The second kappa shape index (κ2) is 10.0. The molecule has 1 aromatic heterocycles. The van der Waals surface area contributed by atoms with Crippen LogP contribution in [0, 0.1) is 0 Å². The van der Waals surface area contributed by atoms with Crippen LogP contribution in [-0.2, 0) is 9.59 Å². The standard InChI is InChI=1S/C27H28N4O4S/c1-35-22-11-9-20(10-12-22)28-24(32)18-30-19-31(21-6-3-2-4-7-21)27(26(30)34)13-15-29(16-14-27)25(33)23-8-5-17-36-23/h2-12,17H,13-16,18-19H2,1H3,(H,28,32). The number of piperidine rings is 1. The molecule has 1 spiro atoms. The highest BCUT2D eigenvalue weighted by Gasteiger charge is 2.54. The van der Waals surface area contributed by atoms with Crippen molar-refractivity contribution in [3.63, 3.8) is 0 Å². The Kier molecular flexibility index (Phi) is 6.65. The number of ether oxygens (including phenoxy) is 1. The predicted octanol–water partition coefficient (Wildman–Crippen LogP) is 3.68. The monoisotopic (exact) mass is 504 g/mol. The number of likely N-dealkylation sites (tertiary alicyclic amines) is 1. The molecular weight excluding hydrogens is 476 g/mol. The Balaban J connectivity index is 1.32. The highest BCUT2D eigenvalue weighted by Crippen LogP contribution is 2.39. The predicted molar refractivity (Wildman–Crippen MR) is 139 cm³/mol. The van der Waals surface area contributed by atoms with Crippen LogP contribution in [0.3, 0.4) is 0 Å². The van der Waals surface area contributed by atoms with Gasteiger partial charge in [0.05, 0.1) is 18.7 Å². The molecule has 0 atom stereocenters. The van der Waals surface area contributed by atoms with Crippen LogP contribution in [0.15, 0.2) is 72.1 Å². The molecule has 9 heteroatoms. The first-order valence-electron chi connectivity index (χ1n) is 11.9. The molecule has 2 saturated heterocycles. The van der Waals surface area contributed by atoms with E-state index in [1.165, 1.54) is 11.3 Å². The fraction of sp³-hybridized carbons (Fsp3) is 0.296. The summed E-state index contributed by atoms with van der Waals surface area (Å²) in [5.74, 6) is 0.377. The molecule has 2 fully saturated rings. The lowest BCUT2D eigenvalue weighted by Crippen LogP contribution is -2.57. The summed E-state index contributed by atoms with van der Waals surface area (Å²) >= 11 is 1.43. The van der Waals surface area contributed by atoms with Gasteiger partial charge in [0.2, 0.25) is 5.91 Å². The maximum atomic E-state index is 13.8. The lowest BCUT2D eigenvalue weighted by molar-refractivity contribution is -0.136. The zero-order chi connectivity index (χ0) is 25.1. The van der Waals surface area contributed by atoms with Gasteiger partial charge in [-0.3, -0.25) is 14.4 Å². The Morgan fingerprint density at radius 3 is 2.36 bits per heavy atom. The molecule has 2 aliphatic heterocycles. The van der Waals surface area contributed by atoms with Gasteiger partial charge in [-0.15, -0.1) is 11.3 Å². The van der Waals surface area contributed by atoms with Gasteiger partial charge in [-0.05, 0) is 60.7 Å². The Labute approximate surface area is 214 Å². The quantitative estimate of drug-likeness (QED) is 0.554. The fourth-order valence-corrected chi connectivity index (χ4v) is 5.70. The molecule has 3 aromatic rings. The second-order valence-corrected chi connectivity index (χ2v) is 9.93. The van der Waals surface area contributed by atoms with E-state index in [-0.39, 0.29) is 24.3 Å². The van der Waals surface area contributed by atoms with Crippen molar-refractivity contribution in [2.75, 3.05) is 43.6 Å². The maximum absolute atomic E-state index is 13.8. The number of hydrogen-bond donors (Lipinski definition) is 1. The minimum absolute atomic E-state index is 0.00674. The van der Waals surface area contributed by atoms with Crippen LogP contribution in [0.4, 0.5) is 11.4 Å². The van der Waals surface area contributed by atoms with E-state index in [4.69, 9.17) is 4.74 Å². The van der Waals surface area contributed by atoms with Gasteiger partial charge >= 0.3 is 0 Å². The molecule has 1 N–H and O–H groups in total. The van der Waals surface area contributed by atoms with Crippen molar-refractivity contribution in [1.29, 1.82) is 0 Å². The molecule has 5 rings (SSSR count). The first kappa shape index (κ1) is 23.9. The second-order valence-electron chi connectivity index (χ2n) is 8.99. The number of amides is 3. The molecule has 0 bridgehead atoms. The van der Waals surface area contributed by atoms with Crippen molar-refractivity contribution in [2.24, 2.45) is 0 Å². The van der Waals surface area contributed by atoms with E-state index in [0.717, 1.165) is 5.69 Å². The number of carbonyl (C=O) groups excluding carboxylic acids is 3. The molecule has 2 aromatic carbocycles. The smallest absolute Gasteiger partial charge is 0.263 e. The van der Waals surface area contributed by atoms with Gasteiger partial charge in [-0.25, -0.2) is 0 Å². The lowest BCUT2D eigenvalue weighted by atomic mass is 9.85. The van der Waals surface area contributed by atoms with Crippen molar-refractivity contribution in [3.8, 4) is 5.75 Å². The van der Waals surface area contributed by atoms with E-state index in [0.29, 0.717) is 48.9 Å². The summed E-state index contributed by atoms with van der Waals surface area (Å²) < 4.78 is 5.16. The van der Waals surface area contributed by atoms with Crippen molar-refractivity contribution in [3.05, 3.63) is 77.0 Å². The van der Waals surface area contributed by atoms with Gasteiger partial charge < -0.3 is 24.8 Å². The van der Waals surface area contributed by atoms with Crippen LogP contribution in [0.1, 0.15) is 22.5 Å². The molecule has 3 amide bonds. The fourth-order valence-electron chi connectivity index (χ4n) is 5.01. The third kappa shape index (κ3) is 4.54. The van der Waals surface area contributed by atoms with E-state index in [1.807, 2.05) is 52.7 Å². The number of rotatable bonds is 6. The van der Waals surface area contributed by atoms with Gasteiger partial charge in [-0.2, -0.15) is 0 Å². The van der Waals surface area contributed by atoms with Crippen molar-refractivity contribution >= 4 is 40.4 Å². The Morgan fingerprint density at radius 1 is 1.00 bits per heavy atom. The zero-order valence-electron chi connectivity index (χ0n) is 20.1. The van der Waals surface area contributed by atoms with Gasteiger partial charge in [0.15, 0.2) is 0 Å². The first-order valence-corrected chi connectivity index (χ1v) is 12.8. The number of hydrogen-bond acceptors (Lipinski definition) is 6. The highest BCUT2D eigenvalue weighted by atomic mass is 32.1. The Morgan fingerprint density at radius 2 is 1.72 bits per heavy atom. The molecule has 8 nitrogen and oxygen atoms in total. The number of benzene rings is 2. The summed E-state index contributed by atoms with van der Waals surface area (Å²) in [4.78, 5) is 45.8. The van der Waals surface area contributed by atoms with E-state index in [9.17, 15) is 14.4 Å². The topological polar surface area (TPSA) is 82.2 Å². The van der Waals surface area contributed by atoms with E-state index >= 15 is 0 Å². The molecule has 36 heavy (non-hydrogen) atoms. The maximum Gasteiger partial charge on any atom is 0.263 e. The zero-order valence-corrected chi connectivity index (χ0v) is 20.9. The third-order valence-corrected chi connectivity index (χ3v) is 7.76. The van der Waals surface area contributed by atoms with Crippen LogP contribution in [0.5, 0.6) is 5.75 Å². The summed E-state index contributed by atoms with van der Waals surface area (Å²) in [6.45, 7) is 1.24. The molecule has 0 saturated carbocycles. The van der Waals surface area contributed by atoms with Gasteiger partial charge in [0.25, 0.3) is 11.8 Å². The van der Waals surface area contributed by atoms with E-state index in [2.05, 4.69) is 10.2 Å². The van der Waals surface area contributed by atoms with Crippen molar-refractivity contribution in [2.45, 2.75) is 18.4 Å². The summed E-state index contributed by atoms with van der Waals surface area (Å²) in [7, 11) is 1.59. The minimum atomic E-state index is -0.784. The first-order chi connectivity index (χ1) is 17.5. The number of nitrogens with one attached hydrogen (secondary N) is 1. The van der Waals surface area contributed by atoms with Gasteiger partial charge in [0, 0.05) is 24.5 Å². The molecule has 0 radical (unpaired) electrons. The van der Waals surface area contributed by atoms with Crippen LogP contribution in [0.25, 0.3) is 0 Å². The summed E-state index contributed by atoms with van der Waals surface area (Å²) in [5.41, 5.74) is 0.790. The summed E-state index contributed by atoms with van der Waals surface area (Å²) in [6, 6.07) is 20.6. The number of thiophene rings is 1. The normalized spacial score (nSPS) is 16.9. The van der Waals surface area contributed by atoms with Crippen LogP contribution < -0.4 is 15.0 Å².